The lowest BCUT2D eigenvalue weighted by Gasteiger charge is -2.25. The third-order valence-electron chi connectivity index (χ3n) is 8.95. The lowest BCUT2D eigenvalue weighted by Crippen LogP contribution is -2.33. The van der Waals surface area contributed by atoms with Gasteiger partial charge in [-0.05, 0) is 51.2 Å². The second kappa shape index (κ2) is 11.3. The minimum atomic E-state index is -0.342. The fourth-order valence-electron chi connectivity index (χ4n) is 6.64. The minimum Gasteiger partial charge on any atom is -0.456 e. The van der Waals surface area contributed by atoms with E-state index in [9.17, 15) is 0 Å². The zero-order valence-corrected chi connectivity index (χ0v) is 25.5. The van der Waals surface area contributed by atoms with Gasteiger partial charge in [-0.2, -0.15) is 0 Å². The van der Waals surface area contributed by atoms with Gasteiger partial charge >= 0.3 is 0 Å². The second-order valence-corrected chi connectivity index (χ2v) is 11.8. The highest BCUT2D eigenvalue weighted by Crippen LogP contribution is 2.38. The Kier molecular flexibility index (Phi) is 6.50. The van der Waals surface area contributed by atoms with Crippen LogP contribution in [0.1, 0.15) is 22.9 Å². The van der Waals surface area contributed by atoms with Gasteiger partial charge in [0.25, 0.3) is 0 Å². The Bertz CT molecular complexity index is 2470. The molecule has 1 unspecified atom stereocenters. The molecule has 7 aromatic carbocycles. The van der Waals surface area contributed by atoms with Gasteiger partial charge in [0.2, 0.25) is 0 Å². The number of hydrogen-bond acceptors (Lipinski definition) is 4. The molecule has 4 heteroatoms. The monoisotopic (exact) mass is 603 g/mol. The van der Waals surface area contributed by atoms with E-state index in [0.717, 1.165) is 61.0 Å². The fourth-order valence-corrected chi connectivity index (χ4v) is 6.64. The number of fused-ring (bicyclic) bond motifs is 4. The van der Waals surface area contributed by atoms with Crippen molar-refractivity contribution in [3.05, 3.63) is 180 Å². The SMILES string of the molecule is c1ccc(C2=NC(c3cc(-c4ccc(-c5ccccc5)cc4)cc4oc5ccccc5c34)=NC(c3cccc4ccccc34)N2)cc1. The summed E-state index contributed by atoms with van der Waals surface area (Å²) in [6.07, 6.45) is -0.342. The van der Waals surface area contributed by atoms with Crippen molar-refractivity contribution in [2.45, 2.75) is 6.17 Å². The standard InChI is InChI=1S/C43H29N3O/c1-3-12-28(13-4-1)29-22-24-30(25-23-29)33-26-37(40-36-19-9-10-21-38(36)47-39(40)27-33)43-45-41(32-15-5-2-6-16-32)44-42(46-43)35-20-11-17-31-14-7-8-18-34(31)35/h1-27,42H,(H,44,45,46). The molecular weight excluding hydrogens is 574 g/mol. The van der Waals surface area contributed by atoms with Crippen molar-refractivity contribution in [3.8, 4) is 22.3 Å². The van der Waals surface area contributed by atoms with Crippen LogP contribution in [0.25, 0.3) is 55.0 Å². The molecule has 0 aliphatic carbocycles. The average molecular weight is 604 g/mol. The van der Waals surface area contributed by atoms with Gasteiger partial charge < -0.3 is 9.73 Å². The summed E-state index contributed by atoms with van der Waals surface area (Å²) >= 11 is 0. The van der Waals surface area contributed by atoms with Crippen molar-refractivity contribution in [1.82, 2.24) is 5.32 Å². The molecule has 1 aliphatic rings. The molecule has 9 rings (SSSR count). The summed E-state index contributed by atoms with van der Waals surface area (Å²) in [6, 6.07) is 56.9. The van der Waals surface area contributed by atoms with E-state index in [1.165, 1.54) is 16.5 Å². The Balaban J connectivity index is 1.26. The summed E-state index contributed by atoms with van der Waals surface area (Å²) in [5, 5.41) is 8.06. The van der Waals surface area contributed by atoms with Gasteiger partial charge in [0, 0.05) is 27.5 Å². The predicted molar refractivity (Wildman–Crippen MR) is 194 cm³/mol. The number of furan rings is 1. The Morgan fingerprint density at radius 2 is 1.11 bits per heavy atom. The van der Waals surface area contributed by atoms with E-state index in [4.69, 9.17) is 14.4 Å². The summed E-state index contributed by atoms with van der Waals surface area (Å²) in [4.78, 5) is 10.6. The minimum absolute atomic E-state index is 0.342. The van der Waals surface area contributed by atoms with Crippen LogP contribution < -0.4 is 5.32 Å². The molecule has 0 bridgehead atoms. The van der Waals surface area contributed by atoms with Crippen molar-refractivity contribution in [2.75, 3.05) is 0 Å². The lowest BCUT2D eigenvalue weighted by atomic mass is 9.96. The molecular formula is C43H29N3O. The van der Waals surface area contributed by atoms with Gasteiger partial charge in [-0.1, -0.05) is 146 Å². The van der Waals surface area contributed by atoms with Crippen molar-refractivity contribution in [2.24, 2.45) is 9.98 Å². The van der Waals surface area contributed by atoms with Crippen LogP contribution in [-0.4, -0.2) is 11.7 Å². The molecule has 1 N–H and O–H groups in total. The van der Waals surface area contributed by atoms with Gasteiger partial charge in [-0.15, -0.1) is 0 Å². The molecule has 0 fully saturated rings. The van der Waals surface area contributed by atoms with Crippen LogP contribution in [0.4, 0.5) is 0 Å². The molecule has 0 amide bonds. The van der Waals surface area contributed by atoms with E-state index in [1.807, 2.05) is 36.4 Å². The van der Waals surface area contributed by atoms with Gasteiger partial charge in [0.05, 0.1) is 0 Å². The average Bonchev–Trinajstić information content (AvgIpc) is 3.53. The Hall–Kier alpha value is -6.26. The molecule has 1 atom stereocenters. The molecule has 0 saturated heterocycles. The summed E-state index contributed by atoms with van der Waals surface area (Å²) in [6.45, 7) is 0. The maximum Gasteiger partial charge on any atom is 0.160 e. The van der Waals surface area contributed by atoms with E-state index < -0.39 is 0 Å². The first kappa shape index (κ1) is 27.1. The summed E-state index contributed by atoms with van der Waals surface area (Å²) in [5.41, 5.74) is 9.21. The molecule has 222 valence electrons. The molecule has 47 heavy (non-hydrogen) atoms. The van der Waals surface area contributed by atoms with Crippen molar-refractivity contribution in [3.63, 3.8) is 0 Å². The topological polar surface area (TPSA) is 49.9 Å². The highest BCUT2D eigenvalue weighted by atomic mass is 16.3. The molecule has 0 saturated carbocycles. The van der Waals surface area contributed by atoms with Gasteiger partial charge in [-0.25, -0.2) is 9.98 Å². The summed E-state index contributed by atoms with van der Waals surface area (Å²) in [5.74, 6) is 1.45. The third kappa shape index (κ3) is 4.88. The summed E-state index contributed by atoms with van der Waals surface area (Å²) in [7, 11) is 0. The molecule has 1 aromatic heterocycles. The first-order valence-corrected chi connectivity index (χ1v) is 15.9. The van der Waals surface area contributed by atoms with Crippen LogP contribution in [0.2, 0.25) is 0 Å². The fraction of sp³-hybridized carbons (Fsp3) is 0.0233. The number of rotatable bonds is 5. The van der Waals surface area contributed by atoms with Crippen molar-refractivity contribution >= 4 is 44.4 Å². The molecule has 2 heterocycles. The number of nitrogens with zero attached hydrogens (tertiary/aromatic N) is 2. The Morgan fingerprint density at radius 3 is 1.89 bits per heavy atom. The highest BCUT2D eigenvalue weighted by molar-refractivity contribution is 6.22. The van der Waals surface area contributed by atoms with Crippen LogP contribution in [0.5, 0.6) is 0 Å². The quantitative estimate of drug-likeness (QED) is 0.213. The maximum absolute atomic E-state index is 6.50. The number of nitrogens with one attached hydrogen (secondary N) is 1. The van der Waals surface area contributed by atoms with Crippen LogP contribution in [0.3, 0.4) is 0 Å². The van der Waals surface area contributed by atoms with E-state index >= 15 is 0 Å². The van der Waals surface area contributed by atoms with E-state index in [2.05, 4.69) is 133 Å². The van der Waals surface area contributed by atoms with Crippen LogP contribution in [0.15, 0.2) is 178 Å². The number of amidine groups is 2. The van der Waals surface area contributed by atoms with Crippen molar-refractivity contribution < 1.29 is 4.42 Å². The number of hydrogen-bond donors (Lipinski definition) is 1. The van der Waals surface area contributed by atoms with Gasteiger partial charge in [0.1, 0.15) is 23.2 Å². The third-order valence-corrected chi connectivity index (χ3v) is 8.95. The van der Waals surface area contributed by atoms with E-state index in [1.54, 1.807) is 0 Å². The smallest absolute Gasteiger partial charge is 0.160 e. The predicted octanol–water partition coefficient (Wildman–Crippen LogP) is 10.6. The highest BCUT2D eigenvalue weighted by Gasteiger charge is 2.25. The van der Waals surface area contributed by atoms with Crippen LogP contribution in [-0.2, 0) is 0 Å². The molecule has 1 aliphatic heterocycles. The second-order valence-electron chi connectivity index (χ2n) is 11.8. The number of para-hydroxylation sites is 1. The van der Waals surface area contributed by atoms with E-state index in [-0.39, 0.29) is 6.17 Å². The number of aliphatic imine (C=N–C) groups is 2. The normalized spacial score (nSPS) is 14.6. The Morgan fingerprint density at radius 1 is 0.489 bits per heavy atom. The molecule has 0 spiro atoms. The molecule has 8 aromatic rings. The van der Waals surface area contributed by atoms with Crippen LogP contribution in [0, 0.1) is 0 Å². The molecule has 4 nitrogen and oxygen atoms in total. The Labute approximate surface area is 272 Å². The maximum atomic E-state index is 6.50. The molecule has 0 radical (unpaired) electrons. The lowest BCUT2D eigenvalue weighted by molar-refractivity contribution is 0.668. The first-order chi connectivity index (χ1) is 23.3. The largest absolute Gasteiger partial charge is 0.456 e. The summed E-state index contributed by atoms with van der Waals surface area (Å²) < 4.78 is 6.50. The zero-order chi connectivity index (χ0) is 31.2. The van der Waals surface area contributed by atoms with Crippen LogP contribution >= 0.6 is 0 Å². The number of benzene rings is 7. The van der Waals surface area contributed by atoms with Gasteiger partial charge in [-0.3, -0.25) is 0 Å². The van der Waals surface area contributed by atoms with Crippen molar-refractivity contribution in [1.29, 1.82) is 0 Å². The van der Waals surface area contributed by atoms with E-state index in [0.29, 0.717) is 5.84 Å². The van der Waals surface area contributed by atoms with Gasteiger partial charge in [0.15, 0.2) is 5.84 Å². The zero-order valence-electron chi connectivity index (χ0n) is 25.5. The first-order valence-electron chi connectivity index (χ1n) is 15.9.